The third kappa shape index (κ3) is 2.78. The number of rotatable bonds is 3. The van der Waals surface area contributed by atoms with E-state index in [2.05, 4.69) is 35.7 Å². The number of hydrogen-bond donors (Lipinski definition) is 1. The Morgan fingerprint density at radius 2 is 2.20 bits per heavy atom. The highest BCUT2D eigenvalue weighted by Gasteiger charge is 2.15. The number of nitrogens with one attached hydrogen (secondary N) is 1. The third-order valence-electron chi connectivity index (χ3n) is 2.68. The second kappa shape index (κ2) is 5.07. The quantitative estimate of drug-likeness (QED) is 0.852. The molecule has 1 unspecified atom stereocenters. The van der Waals surface area contributed by atoms with Gasteiger partial charge < -0.3 is 4.74 Å². The van der Waals surface area contributed by atoms with Gasteiger partial charge in [0.05, 0.1) is 19.3 Å². The lowest BCUT2D eigenvalue weighted by atomic mass is 10.2. The summed E-state index contributed by atoms with van der Waals surface area (Å²) in [6, 6.07) is 2.58. The molecule has 1 atom stereocenters. The number of hydrazine groups is 1. The minimum atomic E-state index is 0.406. The van der Waals surface area contributed by atoms with Crippen molar-refractivity contribution in [2.24, 2.45) is 0 Å². The first-order chi connectivity index (χ1) is 7.27. The summed E-state index contributed by atoms with van der Waals surface area (Å²) in [5.41, 5.74) is 4.91. The fraction of sp³-hybridized carbons (Fsp3) is 0.636. The van der Waals surface area contributed by atoms with E-state index in [-0.39, 0.29) is 0 Å². The van der Waals surface area contributed by atoms with Gasteiger partial charge >= 0.3 is 0 Å². The van der Waals surface area contributed by atoms with Crippen LogP contribution < -0.4 is 5.43 Å². The minimum absolute atomic E-state index is 0.406. The predicted octanol–water partition coefficient (Wildman–Crippen LogP) is 1.95. The van der Waals surface area contributed by atoms with Gasteiger partial charge in [-0.05, 0) is 30.9 Å². The van der Waals surface area contributed by atoms with E-state index < -0.39 is 0 Å². The summed E-state index contributed by atoms with van der Waals surface area (Å²) in [6.07, 6.45) is 0. The molecule has 2 heterocycles. The fourth-order valence-electron chi connectivity index (χ4n) is 1.85. The maximum absolute atomic E-state index is 5.32. The number of morpholine rings is 1. The molecule has 0 radical (unpaired) electrons. The molecule has 2 rings (SSSR count). The molecule has 1 aromatic rings. The Balaban J connectivity index is 1.91. The van der Waals surface area contributed by atoms with Gasteiger partial charge in [-0.3, -0.25) is 0 Å². The fourth-order valence-corrected chi connectivity index (χ4v) is 2.78. The smallest absolute Gasteiger partial charge is 0.0608 e. The summed E-state index contributed by atoms with van der Waals surface area (Å²) in [5.74, 6) is 0. The number of hydrogen-bond acceptors (Lipinski definition) is 4. The Hall–Kier alpha value is -0.420. The molecule has 1 N–H and O–H groups in total. The molecule has 15 heavy (non-hydrogen) atoms. The standard InChI is InChI=1S/C11H18N2OS/c1-9-3-8-15-11(9)10(2)12-13-4-6-14-7-5-13/h3,8,10,12H,4-7H2,1-2H3. The van der Waals surface area contributed by atoms with Gasteiger partial charge in [0.1, 0.15) is 0 Å². The first-order valence-corrected chi connectivity index (χ1v) is 6.28. The van der Waals surface area contributed by atoms with E-state index in [0.29, 0.717) is 6.04 Å². The molecule has 1 fully saturated rings. The summed E-state index contributed by atoms with van der Waals surface area (Å²) >= 11 is 1.83. The van der Waals surface area contributed by atoms with Crippen LogP contribution in [0.4, 0.5) is 0 Å². The third-order valence-corrected chi connectivity index (χ3v) is 3.88. The van der Waals surface area contributed by atoms with Gasteiger partial charge in [0.15, 0.2) is 0 Å². The van der Waals surface area contributed by atoms with Crippen molar-refractivity contribution >= 4 is 11.3 Å². The highest BCUT2D eigenvalue weighted by molar-refractivity contribution is 7.10. The van der Waals surface area contributed by atoms with E-state index in [9.17, 15) is 0 Å². The Bertz CT molecular complexity index is 307. The monoisotopic (exact) mass is 226 g/mol. The van der Waals surface area contributed by atoms with Crippen molar-refractivity contribution < 1.29 is 4.74 Å². The summed E-state index contributed by atoms with van der Waals surface area (Å²) in [7, 11) is 0. The zero-order valence-electron chi connectivity index (χ0n) is 9.32. The van der Waals surface area contributed by atoms with Crippen LogP contribution in [-0.2, 0) is 4.74 Å². The molecule has 0 amide bonds. The minimum Gasteiger partial charge on any atom is -0.379 e. The van der Waals surface area contributed by atoms with Crippen LogP contribution in [0, 0.1) is 6.92 Å². The average molecular weight is 226 g/mol. The molecular formula is C11H18N2OS. The molecule has 84 valence electrons. The van der Waals surface area contributed by atoms with Crippen LogP contribution in [0.25, 0.3) is 0 Å². The summed E-state index contributed by atoms with van der Waals surface area (Å²) in [5, 5.41) is 4.41. The molecule has 1 aliphatic heterocycles. The van der Waals surface area contributed by atoms with E-state index in [4.69, 9.17) is 4.74 Å². The van der Waals surface area contributed by atoms with Gasteiger partial charge in [0.25, 0.3) is 0 Å². The van der Waals surface area contributed by atoms with Gasteiger partial charge in [0.2, 0.25) is 0 Å². The molecule has 1 aliphatic rings. The van der Waals surface area contributed by atoms with Crippen LogP contribution in [0.2, 0.25) is 0 Å². The molecule has 1 aromatic heterocycles. The largest absolute Gasteiger partial charge is 0.379 e. The second-order valence-corrected chi connectivity index (χ2v) is 4.87. The Morgan fingerprint density at radius 1 is 1.47 bits per heavy atom. The molecular weight excluding hydrogens is 208 g/mol. The zero-order chi connectivity index (χ0) is 10.7. The zero-order valence-corrected chi connectivity index (χ0v) is 10.1. The lowest BCUT2D eigenvalue weighted by Crippen LogP contribution is -2.46. The number of ether oxygens (including phenoxy) is 1. The van der Waals surface area contributed by atoms with Crippen molar-refractivity contribution in [1.82, 2.24) is 10.4 Å². The SMILES string of the molecule is Cc1ccsc1C(C)NN1CCOCC1. The van der Waals surface area contributed by atoms with Gasteiger partial charge in [-0.25, -0.2) is 10.4 Å². The molecule has 0 aromatic carbocycles. The van der Waals surface area contributed by atoms with E-state index in [0.717, 1.165) is 26.3 Å². The lowest BCUT2D eigenvalue weighted by molar-refractivity contribution is 0.00507. The highest BCUT2D eigenvalue weighted by Crippen LogP contribution is 2.23. The lowest BCUT2D eigenvalue weighted by Gasteiger charge is -2.30. The molecule has 0 saturated carbocycles. The van der Waals surface area contributed by atoms with Crippen molar-refractivity contribution in [3.63, 3.8) is 0 Å². The molecule has 3 nitrogen and oxygen atoms in total. The van der Waals surface area contributed by atoms with Gasteiger partial charge in [-0.1, -0.05) is 0 Å². The van der Waals surface area contributed by atoms with Crippen molar-refractivity contribution in [2.75, 3.05) is 26.3 Å². The van der Waals surface area contributed by atoms with Crippen LogP contribution in [0.3, 0.4) is 0 Å². The highest BCUT2D eigenvalue weighted by atomic mass is 32.1. The van der Waals surface area contributed by atoms with Crippen LogP contribution in [0.5, 0.6) is 0 Å². The Morgan fingerprint density at radius 3 is 2.80 bits per heavy atom. The molecule has 0 aliphatic carbocycles. The predicted molar refractivity (Wildman–Crippen MR) is 63.0 cm³/mol. The average Bonchev–Trinajstić information content (AvgIpc) is 2.66. The van der Waals surface area contributed by atoms with Crippen molar-refractivity contribution in [1.29, 1.82) is 0 Å². The van der Waals surface area contributed by atoms with Crippen LogP contribution in [0.15, 0.2) is 11.4 Å². The van der Waals surface area contributed by atoms with E-state index in [1.165, 1.54) is 10.4 Å². The van der Waals surface area contributed by atoms with Crippen LogP contribution >= 0.6 is 11.3 Å². The molecule has 0 spiro atoms. The van der Waals surface area contributed by atoms with Crippen LogP contribution in [-0.4, -0.2) is 31.3 Å². The van der Waals surface area contributed by atoms with Gasteiger partial charge in [0, 0.05) is 18.0 Å². The molecule has 1 saturated heterocycles. The first kappa shape index (κ1) is 11.1. The number of thiophene rings is 1. The van der Waals surface area contributed by atoms with Crippen molar-refractivity contribution in [2.45, 2.75) is 19.9 Å². The number of aryl methyl sites for hydroxylation is 1. The Labute approximate surface area is 95.0 Å². The van der Waals surface area contributed by atoms with E-state index in [1.807, 2.05) is 11.3 Å². The van der Waals surface area contributed by atoms with Crippen molar-refractivity contribution in [3.05, 3.63) is 21.9 Å². The maximum atomic E-state index is 5.32. The second-order valence-electron chi connectivity index (χ2n) is 3.92. The normalized spacial score (nSPS) is 20.4. The summed E-state index contributed by atoms with van der Waals surface area (Å²) in [6.45, 7) is 8.02. The van der Waals surface area contributed by atoms with Crippen molar-refractivity contribution in [3.8, 4) is 0 Å². The topological polar surface area (TPSA) is 24.5 Å². The van der Waals surface area contributed by atoms with Gasteiger partial charge in [-0.15, -0.1) is 11.3 Å². The molecule has 4 heteroatoms. The maximum Gasteiger partial charge on any atom is 0.0608 e. The van der Waals surface area contributed by atoms with E-state index >= 15 is 0 Å². The summed E-state index contributed by atoms with van der Waals surface area (Å²) < 4.78 is 5.32. The Kier molecular flexibility index (Phi) is 3.75. The van der Waals surface area contributed by atoms with Gasteiger partial charge in [-0.2, -0.15) is 0 Å². The van der Waals surface area contributed by atoms with E-state index in [1.54, 1.807) is 0 Å². The summed E-state index contributed by atoms with van der Waals surface area (Å²) in [4.78, 5) is 1.43. The molecule has 0 bridgehead atoms. The number of nitrogens with zero attached hydrogens (tertiary/aromatic N) is 1. The van der Waals surface area contributed by atoms with Crippen LogP contribution in [0.1, 0.15) is 23.4 Å². The first-order valence-electron chi connectivity index (χ1n) is 5.40.